The summed E-state index contributed by atoms with van der Waals surface area (Å²) < 4.78 is 5.08. The van der Waals surface area contributed by atoms with Crippen LogP contribution in [0.5, 0.6) is 0 Å². The molecule has 2 heterocycles. The van der Waals surface area contributed by atoms with E-state index < -0.39 is 5.60 Å². The van der Waals surface area contributed by atoms with Gasteiger partial charge in [-0.3, -0.25) is 4.79 Å². The summed E-state index contributed by atoms with van der Waals surface area (Å²) in [5.41, 5.74) is -0.396. The molecule has 2 N–H and O–H groups in total. The van der Waals surface area contributed by atoms with Crippen LogP contribution in [-0.4, -0.2) is 17.6 Å². The van der Waals surface area contributed by atoms with Crippen molar-refractivity contribution >= 4 is 28.8 Å². The third-order valence-electron chi connectivity index (χ3n) is 3.55. The van der Waals surface area contributed by atoms with E-state index in [9.17, 15) is 9.90 Å². The van der Waals surface area contributed by atoms with Gasteiger partial charge in [-0.05, 0) is 29.6 Å². The standard InChI is InChI=1S/C17H14ClNO3S/c18-14-5-2-1-4-13(14)16(20)19-11-17(21,12-7-8-22-10-12)15-6-3-9-23-15/h1-10,21H,11H2,(H,19,20)/t17-/m1/s1. The average Bonchev–Trinajstić information content (AvgIpc) is 3.25. The van der Waals surface area contributed by atoms with Crippen molar-refractivity contribution < 1.29 is 14.3 Å². The smallest absolute Gasteiger partial charge is 0.252 e. The number of carbonyl (C=O) groups excluding carboxylic acids is 1. The number of rotatable bonds is 5. The fourth-order valence-corrected chi connectivity index (χ4v) is 3.36. The number of nitrogens with one attached hydrogen (secondary N) is 1. The van der Waals surface area contributed by atoms with Crippen molar-refractivity contribution in [1.29, 1.82) is 0 Å². The van der Waals surface area contributed by atoms with Crippen LogP contribution >= 0.6 is 22.9 Å². The molecule has 4 nitrogen and oxygen atoms in total. The van der Waals surface area contributed by atoms with E-state index in [0.29, 0.717) is 16.1 Å². The number of halogens is 1. The van der Waals surface area contributed by atoms with Crippen LogP contribution in [0.15, 0.2) is 64.8 Å². The van der Waals surface area contributed by atoms with E-state index in [1.54, 1.807) is 30.3 Å². The Hall–Kier alpha value is -2.08. The summed E-state index contributed by atoms with van der Waals surface area (Å²) in [6, 6.07) is 12.1. The molecule has 1 atom stereocenters. The van der Waals surface area contributed by atoms with Gasteiger partial charge in [-0.1, -0.05) is 29.8 Å². The predicted octanol–water partition coefficient (Wildman–Crippen LogP) is 3.66. The van der Waals surface area contributed by atoms with Crippen molar-refractivity contribution in [2.45, 2.75) is 5.60 Å². The fraction of sp³-hybridized carbons (Fsp3) is 0.118. The second-order valence-electron chi connectivity index (χ2n) is 5.01. The van der Waals surface area contributed by atoms with Gasteiger partial charge in [0.2, 0.25) is 0 Å². The topological polar surface area (TPSA) is 62.5 Å². The number of hydrogen-bond donors (Lipinski definition) is 2. The van der Waals surface area contributed by atoms with Gasteiger partial charge in [-0.15, -0.1) is 11.3 Å². The Labute approximate surface area is 142 Å². The van der Waals surface area contributed by atoms with Gasteiger partial charge in [0.25, 0.3) is 5.91 Å². The molecule has 0 unspecified atom stereocenters. The lowest BCUT2D eigenvalue weighted by molar-refractivity contribution is 0.0714. The maximum atomic E-state index is 12.3. The first-order valence-electron chi connectivity index (χ1n) is 6.93. The van der Waals surface area contributed by atoms with E-state index in [1.807, 2.05) is 17.5 Å². The monoisotopic (exact) mass is 347 g/mol. The molecule has 0 spiro atoms. The van der Waals surface area contributed by atoms with E-state index in [4.69, 9.17) is 16.0 Å². The number of furan rings is 1. The van der Waals surface area contributed by atoms with Crippen LogP contribution in [0.4, 0.5) is 0 Å². The molecule has 1 amide bonds. The fourth-order valence-electron chi connectivity index (χ4n) is 2.29. The van der Waals surface area contributed by atoms with Crippen molar-refractivity contribution in [2.24, 2.45) is 0 Å². The zero-order valence-corrected chi connectivity index (χ0v) is 13.6. The Balaban J connectivity index is 1.84. The molecule has 0 saturated heterocycles. The van der Waals surface area contributed by atoms with E-state index >= 15 is 0 Å². The molecule has 2 aromatic heterocycles. The van der Waals surface area contributed by atoms with Crippen LogP contribution in [0.1, 0.15) is 20.8 Å². The van der Waals surface area contributed by atoms with Gasteiger partial charge < -0.3 is 14.8 Å². The minimum absolute atomic E-state index is 0.0110. The van der Waals surface area contributed by atoms with Crippen LogP contribution in [0.2, 0.25) is 5.02 Å². The number of aliphatic hydroxyl groups is 1. The average molecular weight is 348 g/mol. The van der Waals surface area contributed by atoms with E-state index in [0.717, 1.165) is 4.88 Å². The molecule has 0 saturated carbocycles. The summed E-state index contributed by atoms with van der Waals surface area (Å²) in [6.07, 6.45) is 2.96. The number of hydrogen-bond acceptors (Lipinski definition) is 4. The van der Waals surface area contributed by atoms with Gasteiger partial charge in [0, 0.05) is 10.4 Å². The lowest BCUT2D eigenvalue weighted by atomic mass is 9.94. The van der Waals surface area contributed by atoms with Gasteiger partial charge in [0.15, 0.2) is 0 Å². The lowest BCUT2D eigenvalue weighted by Crippen LogP contribution is -2.41. The van der Waals surface area contributed by atoms with Gasteiger partial charge in [0.1, 0.15) is 5.60 Å². The Bertz CT molecular complexity index is 750. The summed E-state index contributed by atoms with van der Waals surface area (Å²) in [7, 11) is 0. The third kappa shape index (κ3) is 3.17. The van der Waals surface area contributed by atoms with E-state index in [-0.39, 0.29) is 12.5 Å². The minimum Gasteiger partial charge on any atom is -0.472 e. The highest BCUT2D eigenvalue weighted by Gasteiger charge is 2.34. The van der Waals surface area contributed by atoms with E-state index in [2.05, 4.69) is 5.32 Å². The van der Waals surface area contributed by atoms with Crippen molar-refractivity contribution in [2.75, 3.05) is 6.54 Å². The largest absolute Gasteiger partial charge is 0.472 e. The Morgan fingerprint density at radius 1 is 1.26 bits per heavy atom. The molecular weight excluding hydrogens is 334 g/mol. The SMILES string of the molecule is O=C(NC[C@@](O)(c1ccoc1)c1cccs1)c1ccccc1Cl. The molecule has 1 aromatic carbocycles. The maximum Gasteiger partial charge on any atom is 0.252 e. The van der Waals surface area contributed by atoms with Crippen molar-refractivity contribution in [3.05, 3.63) is 81.4 Å². The molecule has 0 fully saturated rings. The quantitative estimate of drug-likeness (QED) is 0.740. The summed E-state index contributed by atoms with van der Waals surface area (Å²) in [5, 5.41) is 16.1. The summed E-state index contributed by atoms with van der Waals surface area (Å²) in [4.78, 5) is 13.0. The summed E-state index contributed by atoms with van der Waals surface area (Å²) >= 11 is 7.44. The first kappa shape index (κ1) is 15.8. The van der Waals surface area contributed by atoms with Crippen molar-refractivity contribution in [3.63, 3.8) is 0 Å². The minimum atomic E-state index is -1.35. The molecule has 0 aliphatic carbocycles. The van der Waals surface area contributed by atoms with Gasteiger partial charge in [0.05, 0.1) is 29.7 Å². The Kier molecular flexibility index (Phi) is 4.52. The number of benzene rings is 1. The first-order valence-corrected chi connectivity index (χ1v) is 8.19. The van der Waals surface area contributed by atoms with E-state index in [1.165, 1.54) is 23.9 Å². The molecule has 3 aromatic rings. The highest BCUT2D eigenvalue weighted by atomic mass is 35.5. The zero-order valence-electron chi connectivity index (χ0n) is 12.0. The molecule has 0 aliphatic rings. The van der Waals surface area contributed by atoms with Crippen molar-refractivity contribution in [3.8, 4) is 0 Å². The maximum absolute atomic E-state index is 12.3. The van der Waals surface area contributed by atoms with Crippen LogP contribution in [0, 0.1) is 0 Å². The van der Waals surface area contributed by atoms with Gasteiger partial charge >= 0.3 is 0 Å². The van der Waals surface area contributed by atoms with Crippen LogP contribution in [0.25, 0.3) is 0 Å². The normalized spacial score (nSPS) is 13.5. The molecule has 0 radical (unpaired) electrons. The third-order valence-corrected chi connectivity index (χ3v) is 4.90. The number of thiophene rings is 1. The Morgan fingerprint density at radius 3 is 2.74 bits per heavy atom. The summed E-state index contributed by atoms with van der Waals surface area (Å²) in [5.74, 6) is -0.339. The number of carbonyl (C=O) groups is 1. The molecule has 3 rings (SSSR count). The van der Waals surface area contributed by atoms with Gasteiger partial charge in [-0.25, -0.2) is 0 Å². The predicted molar refractivity (Wildman–Crippen MR) is 89.8 cm³/mol. The second-order valence-corrected chi connectivity index (χ2v) is 6.37. The lowest BCUT2D eigenvalue weighted by Gasteiger charge is -2.26. The zero-order chi connectivity index (χ0) is 16.3. The number of amides is 1. The second kappa shape index (κ2) is 6.58. The van der Waals surface area contributed by atoms with Crippen LogP contribution < -0.4 is 5.32 Å². The molecule has 6 heteroatoms. The van der Waals surface area contributed by atoms with Crippen LogP contribution in [-0.2, 0) is 5.60 Å². The van der Waals surface area contributed by atoms with Crippen LogP contribution in [0.3, 0.4) is 0 Å². The highest BCUT2D eigenvalue weighted by Crippen LogP contribution is 2.32. The molecule has 118 valence electrons. The molecule has 0 aliphatic heterocycles. The van der Waals surface area contributed by atoms with Crippen molar-refractivity contribution in [1.82, 2.24) is 5.32 Å². The first-order chi connectivity index (χ1) is 11.1. The molecule has 0 bridgehead atoms. The van der Waals surface area contributed by atoms with Gasteiger partial charge in [-0.2, -0.15) is 0 Å². The Morgan fingerprint density at radius 2 is 2.09 bits per heavy atom. The molecule has 23 heavy (non-hydrogen) atoms. The summed E-state index contributed by atoms with van der Waals surface area (Å²) in [6.45, 7) is 0.0110. The molecular formula is C17H14ClNO3S. The highest BCUT2D eigenvalue weighted by molar-refractivity contribution is 7.10.